The largest absolute Gasteiger partial charge is 0.456 e. The lowest BCUT2D eigenvalue weighted by Crippen LogP contribution is -2.01. The van der Waals surface area contributed by atoms with Crippen molar-refractivity contribution in [1.29, 1.82) is 0 Å². The molecule has 0 saturated heterocycles. The number of furan rings is 1. The molecule has 0 saturated carbocycles. The minimum absolute atomic E-state index is 0.604. The molecule has 0 spiro atoms. The van der Waals surface area contributed by atoms with E-state index in [1.807, 2.05) is 72.0 Å². The zero-order chi connectivity index (χ0) is 35.6. The first kappa shape index (κ1) is 30.7. The van der Waals surface area contributed by atoms with Crippen molar-refractivity contribution in [3.05, 3.63) is 176 Å². The molecule has 0 aliphatic rings. The van der Waals surface area contributed by atoms with Crippen LogP contribution in [-0.4, -0.2) is 15.0 Å². The molecule has 0 bridgehead atoms. The summed E-state index contributed by atoms with van der Waals surface area (Å²) in [7, 11) is 0. The Kier molecular flexibility index (Phi) is 7.00. The maximum absolute atomic E-state index is 6.27. The van der Waals surface area contributed by atoms with Crippen LogP contribution in [0.3, 0.4) is 0 Å². The average molecular weight is 708 g/mol. The van der Waals surface area contributed by atoms with Crippen LogP contribution in [0.15, 0.2) is 180 Å². The van der Waals surface area contributed by atoms with Gasteiger partial charge in [-0.15, -0.1) is 11.3 Å². The van der Waals surface area contributed by atoms with Crippen molar-refractivity contribution in [1.82, 2.24) is 15.0 Å². The number of benzene rings is 8. The summed E-state index contributed by atoms with van der Waals surface area (Å²) in [5.74, 6) is 1.85. The second kappa shape index (κ2) is 12.3. The molecule has 3 heterocycles. The highest BCUT2D eigenvalue weighted by atomic mass is 32.1. The summed E-state index contributed by atoms with van der Waals surface area (Å²) < 4.78 is 8.83. The van der Waals surface area contributed by atoms with E-state index in [-0.39, 0.29) is 0 Å². The van der Waals surface area contributed by atoms with Crippen LogP contribution in [0.1, 0.15) is 0 Å². The monoisotopic (exact) mass is 707 g/mol. The van der Waals surface area contributed by atoms with Gasteiger partial charge < -0.3 is 4.42 Å². The van der Waals surface area contributed by atoms with E-state index in [1.165, 1.54) is 42.4 Å². The minimum atomic E-state index is 0.604. The smallest absolute Gasteiger partial charge is 0.164 e. The summed E-state index contributed by atoms with van der Waals surface area (Å²) in [4.78, 5) is 15.5. The van der Waals surface area contributed by atoms with E-state index in [4.69, 9.17) is 19.4 Å². The van der Waals surface area contributed by atoms with Gasteiger partial charge in [-0.3, -0.25) is 0 Å². The zero-order valence-electron chi connectivity index (χ0n) is 28.9. The molecule has 0 atom stereocenters. The Morgan fingerprint density at radius 1 is 0.315 bits per heavy atom. The molecule has 0 N–H and O–H groups in total. The van der Waals surface area contributed by atoms with Gasteiger partial charge in [0.15, 0.2) is 17.5 Å². The molecule has 3 aromatic heterocycles. The fraction of sp³-hybridized carbons (Fsp3) is 0. The number of hydrogen-bond acceptors (Lipinski definition) is 5. The molecule has 8 aromatic carbocycles. The Bertz CT molecular complexity index is 3220. The lowest BCUT2D eigenvalue weighted by atomic mass is 9.91. The van der Waals surface area contributed by atoms with E-state index in [1.54, 1.807) is 0 Å². The molecule has 0 unspecified atom stereocenters. The Hall–Kier alpha value is -6.95. The van der Waals surface area contributed by atoms with Crippen LogP contribution >= 0.6 is 11.3 Å². The summed E-state index contributed by atoms with van der Waals surface area (Å²) in [5, 5.41) is 6.83. The highest BCUT2D eigenvalue weighted by molar-refractivity contribution is 7.26. The van der Waals surface area contributed by atoms with Gasteiger partial charge in [-0.25, -0.2) is 15.0 Å². The third-order valence-corrected chi connectivity index (χ3v) is 11.5. The average Bonchev–Trinajstić information content (AvgIpc) is 3.83. The molecule has 0 aliphatic carbocycles. The molecule has 0 fully saturated rings. The maximum Gasteiger partial charge on any atom is 0.164 e. The lowest BCUT2D eigenvalue weighted by Gasteiger charge is -2.14. The molecular weight excluding hydrogens is 679 g/mol. The highest BCUT2D eigenvalue weighted by Crippen LogP contribution is 2.46. The molecule has 11 aromatic rings. The van der Waals surface area contributed by atoms with Crippen molar-refractivity contribution >= 4 is 64.2 Å². The van der Waals surface area contributed by atoms with Crippen LogP contribution in [-0.2, 0) is 0 Å². The van der Waals surface area contributed by atoms with E-state index in [0.29, 0.717) is 17.5 Å². The fourth-order valence-corrected chi connectivity index (χ4v) is 9.14. The first-order valence-electron chi connectivity index (χ1n) is 18.0. The lowest BCUT2D eigenvalue weighted by molar-refractivity contribution is 0.669. The SMILES string of the molecule is c1ccc(-c2nc(-c3cccc4c(-c5cccc6sc7cccc(-c8ccccc8)c7c56)cccc34)nc(-c3cccc4oc5ccccc5c34)n2)cc1. The third kappa shape index (κ3) is 4.86. The topological polar surface area (TPSA) is 51.8 Å². The minimum Gasteiger partial charge on any atom is -0.456 e. The Morgan fingerprint density at radius 3 is 1.59 bits per heavy atom. The number of aromatic nitrogens is 3. The predicted octanol–water partition coefficient (Wildman–Crippen LogP) is 13.6. The van der Waals surface area contributed by atoms with Gasteiger partial charge in [-0.2, -0.15) is 0 Å². The van der Waals surface area contributed by atoms with E-state index < -0.39 is 0 Å². The summed E-state index contributed by atoms with van der Waals surface area (Å²) >= 11 is 1.85. The number of fused-ring (bicyclic) bond motifs is 7. The standard InChI is InChI=1S/C49H29N3OS/c1-3-14-30(15-4-1)32-19-12-28-42-45(32)46-36(23-13-29-43(46)54-42)34-21-9-22-35-33(34)20-10-24-37(35)48-50-47(31-16-5-2-6-17-31)51-49(52-48)39-25-11-27-41-44(39)38-18-7-8-26-40(38)53-41/h1-29H. The molecule has 0 radical (unpaired) electrons. The molecular formula is C49H29N3OS. The van der Waals surface area contributed by atoms with E-state index in [2.05, 4.69) is 115 Å². The van der Waals surface area contributed by atoms with Gasteiger partial charge in [0.25, 0.3) is 0 Å². The van der Waals surface area contributed by atoms with Crippen molar-refractivity contribution in [2.45, 2.75) is 0 Å². The van der Waals surface area contributed by atoms with Gasteiger partial charge in [-0.1, -0.05) is 152 Å². The van der Waals surface area contributed by atoms with Gasteiger partial charge in [0.1, 0.15) is 11.2 Å². The van der Waals surface area contributed by atoms with Crippen LogP contribution in [0.4, 0.5) is 0 Å². The summed E-state index contributed by atoms with van der Waals surface area (Å²) in [6.07, 6.45) is 0. The fourth-order valence-electron chi connectivity index (χ4n) is 7.98. The summed E-state index contributed by atoms with van der Waals surface area (Å²) in [6.45, 7) is 0. The first-order valence-corrected chi connectivity index (χ1v) is 18.8. The normalized spacial score (nSPS) is 11.7. The van der Waals surface area contributed by atoms with Crippen molar-refractivity contribution in [3.8, 4) is 56.4 Å². The Balaban J connectivity index is 1.15. The maximum atomic E-state index is 6.27. The number of para-hydroxylation sites is 1. The third-order valence-electron chi connectivity index (χ3n) is 10.4. The van der Waals surface area contributed by atoms with E-state index in [0.717, 1.165) is 49.4 Å². The van der Waals surface area contributed by atoms with E-state index >= 15 is 0 Å². The second-order valence-corrected chi connectivity index (χ2v) is 14.6. The van der Waals surface area contributed by atoms with Crippen molar-refractivity contribution < 1.29 is 4.42 Å². The van der Waals surface area contributed by atoms with E-state index in [9.17, 15) is 0 Å². The summed E-state index contributed by atoms with van der Waals surface area (Å²) in [5.41, 5.74) is 9.28. The van der Waals surface area contributed by atoms with Gasteiger partial charge in [0, 0.05) is 47.6 Å². The number of hydrogen-bond donors (Lipinski definition) is 0. The van der Waals surface area contributed by atoms with Crippen molar-refractivity contribution in [2.24, 2.45) is 0 Å². The van der Waals surface area contributed by atoms with Gasteiger partial charge in [0.05, 0.1) is 0 Å². The van der Waals surface area contributed by atoms with Crippen molar-refractivity contribution in [3.63, 3.8) is 0 Å². The Labute approximate surface area is 314 Å². The van der Waals surface area contributed by atoms with Crippen LogP contribution in [0.2, 0.25) is 0 Å². The summed E-state index contributed by atoms with van der Waals surface area (Å²) in [6, 6.07) is 61.5. The number of nitrogens with zero attached hydrogens (tertiary/aromatic N) is 3. The van der Waals surface area contributed by atoms with Crippen molar-refractivity contribution in [2.75, 3.05) is 0 Å². The molecule has 252 valence electrons. The van der Waals surface area contributed by atoms with Gasteiger partial charge in [-0.05, 0) is 57.3 Å². The molecule has 4 nitrogen and oxygen atoms in total. The quantitative estimate of drug-likeness (QED) is 0.179. The molecule has 0 aliphatic heterocycles. The first-order chi connectivity index (χ1) is 26.8. The van der Waals surface area contributed by atoms with Gasteiger partial charge in [0.2, 0.25) is 0 Å². The number of rotatable bonds is 5. The van der Waals surface area contributed by atoms with Crippen LogP contribution in [0.25, 0.3) is 109 Å². The van der Waals surface area contributed by atoms with Crippen LogP contribution < -0.4 is 0 Å². The van der Waals surface area contributed by atoms with Crippen LogP contribution in [0, 0.1) is 0 Å². The van der Waals surface area contributed by atoms with Gasteiger partial charge >= 0.3 is 0 Å². The Morgan fingerprint density at radius 2 is 0.815 bits per heavy atom. The molecule has 54 heavy (non-hydrogen) atoms. The molecule has 5 heteroatoms. The molecule has 11 rings (SSSR count). The second-order valence-electron chi connectivity index (χ2n) is 13.5. The zero-order valence-corrected chi connectivity index (χ0v) is 29.7. The number of thiophene rings is 1. The van der Waals surface area contributed by atoms with Crippen LogP contribution in [0.5, 0.6) is 0 Å². The predicted molar refractivity (Wildman–Crippen MR) is 225 cm³/mol. The molecule has 0 amide bonds. The highest BCUT2D eigenvalue weighted by Gasteiger charge is 2.20.